The van der Waals surface area contributed by atoms with Gasteiger partial charge in [-0.3, -0.25) is 4.79 Å². The molecule has 1 N–H and O–H groups in total. The van der Waals surface area contributed by atoms with Crippen LogP contribution in [0.25, 0.3) is 0 Å². The number of carboxylic acid groups (broad SMARTS) is 1. The average molecular weight is 218 g/mol. The summed E-state index contributed by atoms with van der Waals surface area (Å²) in [6.07, 6.45) is 5.39. The van der Waals surface area contributed by atoms with E-state index in [1.165, 1.54) is 12.8 Å². The van der Waals surface area contributed by atoms with Gasteiger partial charge in [-0.05, 0) is 19.1 Å². The van der Waals surface area contributed by atoms with E-state index in [1.807, 2.05) is 13.8 Å². The molecular weight excluding hydrogens is 196 g/mol. The molecule has 0 spiro atoms. The average Bonchev–Trinajstić information content (AvgIpc) is 2.13. The largest absolute Gasteiger partial charge is 0.480 e. The lowest BCUT2D eigenvalue weighted by Crippen LogP contribution is -2.31. The summed E-state index contributed by atoms with van der Waals surface area (Å²) in [5, 5.41) is 9.10. The second kappa shape index (κ2) is 7.16. The van der Waals surface area contributed by atoms with E-state index in [2.05, 4.69) is 6.92 Å². The first kappa shape index (κ1) is 13.8. The second-order valence-corrected chi connectivity index (χ2v) is 5.55. The van der Waals surface area contributed by atoms with Crippen LogP contribution in [0.5, 0.6) is 0 Å². The van der Waals surface area contributed by atoms with Crippen LogP contribution in [-0.4, -0.2) is 21.6 Å². The number of carboxylic acids is 1. The van der Waals surface area contributed by atoms with Crippen molar-refractivity contribution in [2.24, 2.45) is 0 Å². The maximum absolute atomic E-state index is 11.1. The van der Waals surface area contributed by atoms with E-state index < -0.39 is 10.7 Å². The van der Waals surface area contributed by atoms with E-state index in [4.69, 9.17) is 5.11 Å². The number of rotatable bonds is 8. The van der Waals surface area contributed by atoms with Crippen LogP contribution in [0.1, 0.15) is 52.9 Å². The summed E-state index contributed by atoms with van der Waals surface area (Å²) >= 11 is 1.55. The van der Waals surface area contributed by atoms with E-state index in [1.54, 1.807) is 11.8 Å². The van der Waals surface area contributed by atoms with Crippen molar-refractivity contribution < 1.29 is 9.90 Å². The third-order valence-corrected chi connectivity index (χ3v) is 3.73. The Bertz CT molecular complexity index is 171. The van der Waals surface area contributed by atoms with Gasteiger partial charge in [0.25, 0.3) is 0 Å². The summed E-state index contributed by atoms with van der Waals surface area (Å²) in [4.78, 5) is 11.1. The van der Waals surface area contributed by atoms with Crippen molar-refractivity contribution in [3.8, 4) is 0 Å². The molecule has 0 bridgehead atoms. The molecule has 84 valence electrons. The Morgan fingerprint density at radius 2 is 1.93 bits per heavy atom. The molecule has 0 aliphatic carbocycles. The molecule has 1 atom stereocenters. The highest BCUT2D eigenvalue weighted by Gasteiger charge is 2.32. The molecule has 0 radical (unpaired) electrons. The highest BCUT2D eigenvalue weighted by molar-refractivity contribution is 8.01. The van der Waals surface area contributed by atoms with Gasteiger partial charge in [0.15, 0.2) is 0 Å². The van der Waals surface area contributed by atoms with Gasteiger partial charge in [0.2, 0.25) is 0 Å². The monoisotopic (exact) mass is 218 g/mol. The molecule has 0 aliphatic rings. The Morgan fingerprint density at radius 3 is 2.36 bits per heavy atom. The lowest BCUT2D eigenvalue weighted by atomic mass is 10.0. The lowest BCUT2D eigenvalue weighted by molar-refractivity contribution is -0.139. The Morgan fingerprint density at radius 1 is 1.29 bits per heavy atom. The first-order valence-electron chi connectivity index (χ1n) is 5.44. The topological polar surface area (TPSA) is 37.3 Å². The molecule has 0 heterocycles. The summed E-state index contributed by atoms with van der Waals surface area (Å²) in [5.74, 6) is 0.206. The lowest BCUT2D eigenvalue weighted by Gasteiger charge is -2.23. The third-order valence-electron chi connectivity index (χ3n) is 2.42. The molecule has 14 heavy (non-hydrogen) atoms. The summed E-state index contributed by atoms with van der Waals surface area (Å²) < 4.78 is -0.567. The van der Waals surface area contributed by atoms with Crippen molar-refractivity contribution >= 4 is 17.7 Å². The van der Waals surface area contributed by atoms with Gasteiger partial charge in [-0.25, -0.2) is 0 Å². The van der Waals surface area contributed by atoms with Crippen molar-refractivity contribution in [2.75, 3.05) is 5.75 Å². The van der Waals surface area contributed by atoms with Crippen molar-refractivity contribution in [1.29, 1.82) is 0 Å². The van der Waals surface area contributed by atoms with Crippen molar-refractivity contribution in [3.63, 3.8) is 0 Å². The van der Waals surface area contributed by atoms with E-state index in [9.17, 15) is 4.79 Å². The highest BCUT2D eigenvalue weighted by atomic mass is 32.2. The molecule has 0 aliphatic heterocycles. The Hall–Kier alpha value is -0.180. The van der Waals surface area contributed by atoms with Gasteiger partial charge < -0.3 is 5.11 Å². The SMILES string of the molecule is CCCCCCC(C)(SCC)C(=O)O. The van der Waals surface area contributed by atoms with Crippen LogP contribution in [0.4, 0.5) is 0 Å². The van der Waals surface area contributed by atoms with Crippen LogP contribution >= 0.6 is 11.8 Å². The number of carbonyl (C=O) groups is 1. The molecule has 0 aromatic heterocycles. The van der Waals surface area contributed by atoms with Crippen LogP contribution in [0.15, 0.2) is 0 Å². The van der Waals surface area contributed by atoms with Crippen LogP contribution < -0.4 is 0 Å². The number of hydrogen-bond acceptors (Lipinski definition) is 2. The smallest absolute Gasteiger partial charge is 0.319 e. The fourth-order valence-corrected chi connectivity index (χ4v) is 2.50. The van der Waals surface area contributed by atoms with Crippen LogP contribution in [-0.2, 0) is 4.79 Å². The Labute approximate surface area is 91.5 Å². The van der Waals surface area contributed by atoms with E-state index >= 15 is 0 Å². The van der Waals surface area contributed by atoms with Crippen LogP contribution in [0, 0.1) is 0 Å². The zero-order valence-electron chi connectivity index (χ0n) is 9.51. The van der Waals surface area contributed by atoms with Gasteiger partial charge in [-0.1, -0.05) is 39.5 Å². The van der Waals surface area contributed by atoms with Gasteiger partial charge in [-0.15, -0.1) is 11.8 Å². The Balaban J connectivity index is 3.90. The molecule has 0 fully saturated rings. The molecule has 3 heteroatoms. The van der Waals surface area contributed by atoms with Crippen molar-refractivity contribution in [1.82, 2.24) is 0 Å². The fraction of sp³-hybridized carbons (Fsp3) is 0.909. The normalized spacial score (nSPS) is 15.1. The fourth-order valence-electron chi connectivity index (χ4n) is 1.45. The number of aliphatic carboxylic acids is 1. The standard InChI is InChI=1S/C11H22O2S/c1-4-6-7-8-9-11(3,10(12)13)14-5-2/h4-9H2,1-3H3,(H,12,13). The van der Waals surface area contributed by atoms with E-state index in [-0.39, 0.29) is 0 Å². The first-order chi connectivity index (χ1) is 6.56. The zero-order valence-corrected chi connectivity index (χ0v) is 10.3. The predicted molar refractivity (Wildman–Crippen MR) is 62.9 cm³/mol. The molecule has 0 aromatic carbocycles. The van der Waals surface area contributed by atoms with Crippen LogP contribution in [0.3, 0.4) is 0 Å². The van der Waals surface area contributed by atoms with E-state index in [0.29, 0.717) is 0 Å². The molecule has 0 saturated carbocycles. The van der Waals surface area contributed by atoms with Crippen molar-refractivity contribution in [3.05, 3.63) is 0 Å². The predicted octanol–water partition coefficient (Wildman–Crippen LogP) is 3.55. The maximum Gasteiger partial charge on any atom is 0.319 e. The van der Waals surface area contributed by atoms with Crippen molar-refractivity contribution in [2.45, 2.75) is 57.6 Å². The maximum atomic E-state index is 11.1. The van der Waals surface area contributed by atoms with Gasteiger partial charge in [-0.2, -0.15) is 0 Å². The number of hydrogen-bond donors (Lipinski definition) is 1. The first-order valence-corrected chi connectivity index (χ1v) is 6.42. The molecule has 0 aromatic rings. The third kappa shape index (κ3) is 4.89. The van der Waals surface area contributed by atoms with Gasteiger partial charge in [0.1, 0.15) is 4.75 Å². The van der Waals surface area contributed by atoms with Gasteiger partial charge in [0, 0.05) is 0 Å². The summed E-state index contributed by atoms with van der Waals surface area (Å²) in [5.41, 5.74) is 0. The van der Waals surface area contributed by atoms with Gasteiger partial charge >= 0.3 is 5.97 Å². The molecule has 0 saturated heterocycles. The molecule has 0 amide bonds. The summed E-state index contributed by atoms with van der Waals surface area (Å²) in [6.45, 7) is 6.02. The summed E-state index contributed by atoms with van der Waals surface area (Å²) in [6, 6.07) is 0. The Kier molecular flexibility index (Phi) is 7.06. The highest BCUT2D eigenvalue weighted by Crippen LogP contribution is 2.30. The summed E-state index contributed by atoms with van der Waals surface area (Å²) in [7, 11) is 0. The minimum Gasteiger partial charge on any atom is -0.480 e. The van der Waals surface area contributed by atoms with Gasteiger partial charge in [0.05, 0.1) is 0 Å². The quantitative estimate of drug-likeness (QED) is 0.633. The second-order valence-electron chi connectivity index (χ2n) is 3.78. The van der Waals surface area contributed by atoms with Crippen LogP contribution in [0.2, 0.25) is 0 Å². The minimum absolute atomic E-state index is 0.567. The zero-order chi connectivity index (χ0) is 11.0. The molecule has 0 rings (SSSR count). The molecule has 2 nitrogen and oxygen atoms in total. The number of thioether (sulfide) groups is 1. The molecule has 1 unspecified atom stereocenters. The molecular formula is C11H22O2S. The van der Waals surface area contributed by atoms with E-state index in [0.717, 1.165) is 25.0 Å². The minimum atomic E-state index is -0.666. The number of unbranched alkanes of at least 4 members (excludes halogenated alkanes) is 3.